The normalized spacial score (nSPS) is 8.64. The zero-order chi connectivity index (χ0) is 10.2. The van der Waals surface area contributed by atoms with Gasteiger partial charge in [0, 0.05) is 0 Å². The largest absolute Gasteiger partial charge is 0.508 e. The summed E-state index contributed by atoms with van der Waals surface area (Å²) < 4.78 is 11.9. The first-order chi connectivity index (χ1) is 6.79. The predicted octanol–water partition coefficient (Wildman–Crippen LogP) is 3.22. The van der Waals surface area contributed by atoms with Gasteiger partial charge in [-0.1, -0.05) is 36.4 Å². The van der Waals surface area contributed by atoms with Crippen molar-refractivity contribution < 1.29 is 9.50 Å². The van der Waals surface area contributed by atoms with E-state index in [0.717, 1.165) is 0 Å². The van der Waals surface area contributed by atoms with Crippen LogP contribution in [0, 0.1) is 5.82 Å². The summed E-state index contributed by atoms with van der Waals surface area (Å²) in [6.45, 7) is 0. The van der Waals surface area contributed by atoms with Crippen molar-refractivity contribution in [2.75, 3.05) is 0 Å². The molecule has 0 atom stereocenters. The van der Waals surface area contributed by atoms with Crippen LogP contribution >= 0.6 is 0 Å². The molecule has 0 saturated carbocycles. The number of hydrogen-bond acceptors (Lipinski definition) is 1. The highest BCUT2D eigenvalue weighted by Gasteiger charge is 1.77. The lowest BCUT2D eigenvalue weighted by molar-refractivity contribution is 0.475. The van der Waals surface area contributed by atoms with Crippen LogP contribution in [0.4, 0.5) is 4.39 Å². The second kappa shape index (κ2) is 5.75. The number of rotatable bonds is 0. The monoisotopic (exact) mass is 190 g/mol. The maximum absolute atomic E-state index is 11.9. The number of benzene rings is 2. The van der Waals surface area contributed by atoms with Crippen LogP contribution in [-0.2, 0) is 0 Å². The number of phenolic OH excluding ortho intramolecular Hbond substituents is 1. The minimum Gasteiger partial charge on any atom is -0.508 e. The van der Waals surface area contributed by atoms with Crippen LogP contribution in [0.3, 0.4) is 0 Å². The van der Waals surface area contributed by atoms with Crippen molar-refractivity contribution in [2.24, 2.45) is 0 Å². The molecule has 0 saturated heterocycles. The van der Waals surface area contributed by atoms with Gasteiger partial charge >= 0.3 is 0 Å². The average molecular weight is 190 g/mol. The maximum atomic E-state index is 11.9. The zero-order valence-electron chi connectivity index (χ0n) is 7.60. The lowest BCUT2D eigenvalue weighted by Gasteiger charge is -1.82. The molecule has 0 fully saturated rings. The van der Waals surface area contributed by atoms with Crippen LogP contribution in [0.1, 0.15) is 0 Å². The van der Waals surface area contributed by atoms with Gasteiger partial charge in [0.2, 0.25) is 0 Å². The van der Waals surface area contributed by atoms with Crippen LogP contribution in [-0.4, -0.2) is 5.11 Å². The van der Waals surface area contributed by atoms with E-state index < -0.39 is 0 Å². The van der Waals surface area contributed by atoms with Crippen LogP contribution in [0.2, 0.25) is 0 Å². The van der Waals surface area contributed by atoms with Gasteiger partial charge in [0.1, 0.15) is 11.6 Å². The average Bonchev–Trinajstić information content (AvgIpc) is 2.21. The van der Waals surface area contributed by atoms with Crippen molar-refractivity contribution in [3.8, 4) is 5.75 Å². The summed E-state index contributed by atoms with van der Waals surface area (Å²) in [5.41, 5.74) is 0. The third-order valence-electron chi connectivity index (χ3n) is 1.49. The molecule has 0 aliphatic carbocycles. The second-order valence-electron chi connectivity index (χ2n) is 2.63. The molecule has 2 aromatic carbocycles. The molecule has 0 heterocycles. The molecular formula is C12H11FO. The number of phenols is 1. The minimum atomic E-state index is -0.178. The Kier molecular flexibility index (Phi) is 4.21. The Morgan fingerprint density at radius 2 is 1.14 bits per heavy atom. The Hall–Kier alpha value is -1.83. The first kappa shape index (κ1) is 10.3. The molecule has 1 N–H and O–H groups in total. The zero-order valence-corrected chi connectivity index (χ0v) is 7.60. The lowest BCUT2D eigenvalue weighted by atomic mass is 10.3. The summed E-state index contributed by atoms with van der Waals surface area (Å²) in [6, 6.07) is 16.7. The quantitative estimate of drug-likeness (QED) is 0.676. The topological polar surface area (TPSA) is 20.2 Å². The molecule has 2 rings (SSSR count). The summed E-state index contributed by atoms with van der Waals surface area (Å²) in [5, 5.41) is 8.63. The molecular weight excluding hydrogens is 179 g/mol. The summed E-state index contributed by atoms with van der Waals surface area (Å²) in [4.78, 5) is 0. The molecule has 2 aromatic rings. The van der Waals surface area contributed by atoms with Gasteiger partial charge in [-0.25, -0.2) is 4.39 Å². The Morgan fingerprint density at radius 1 is 0.714 bits per heavy atom. The molecule has 0 aliphatic heterocycles. The summed E-state index contributed by atoms with van der Waals surface area (Å²) in [5.74, 6) is 0.144. The van der Waals surface area contributed by atoms with E-state index >= 15 is 0 Å². The fourth-order valence-electron chi connectivity index (χ4n) is 0.843. The van der Waals surface area contributed by atoms with E-state index in [-0.39, 0.29) is 5.82 Å². The highest BCUT2D eigenvalue weighted by Crippen LogP contribution is 2.02. The van der Waals surface area contributed by atoms with Gasteiger partial charge in [-0.05, 0) is 24.3 Å². The van der Waals surface area contributed by atoms with E-state index in [1.165, 1.54) is 12.1 Å². The molecule has 0 amide bonds. The molecule has 2 heteroatoms. The van der Waals surface area contributed by atoms with Gasteiger partial charge in [-0.2, -0.15) is 0 Å². The van der Waals surface area contributed by atoms with Crippen LogP contribution < -0.4 is 0 Å². The molecule has 0 spiro atoms. The van der Waals surface area contributed by atoms with Gasteiger partial charge in [0.25, 0.3) is 0 Å². The number of aromatic hydroxyl groups is 1. The third-order valence-corrected chi connectivity index (χ3v) is 1.49. The highest BCUT2D eigenvalue weighted by atomic mass is 19.1. The van der Waals surface area contributed by atoms with E-state index in [4.69, 9.17) is 5.11 Å². The maximum Gasteiger partial charge on any atom is 0.123 e. The molecule has 0 bridgehead atoms. The van der Waals surface area contributed by atoms with Crippen molar-refractivity contribution in [1.29, 1.82) is 0 Å². The standard InChI is InChI=1S/C6H5F.C6H6O/c2*7-6-4-2-1-3-5-6/h1-5H;1-5,7H. The summed E-state index contributed by atoms with van der Waals surface area (Å²) in [7, 11) is 0. The molecule has 1 nitrogen and oxygen atoms in total. The van der Waals surface area contributed by atoms with E-state index in [1.807, 2.05) is 6.07 Å². The number of halogens is 1. The Balaban J connectivity index is 0.000000140. The van der Waals surface area contributed by atoms with Crippen molar-refractivity contribution in [1.82, 2.24) is 0 Å². The summed E-state index contributed by atoms with van der Waals surface area (Å²) >= 11 is 0. The van der Waals surface area contributed by atoms with E-state index in [1.54, 1.807) is 42.5 Å². The number of hydrogen-bond donors (Lipinski definition) is 1. The molecule has 0 aliphatic rings. The van der Waals surface area contributed by atoms with E-state index in [9.17, 15) is 4.39 Å². The van der Waals surface area contributed by atoms with Crippen LogP contribution in [0.5, 0.6) is 5.75 Å². The highest BCUT2D eigenvalue weighted by molar-refractivity contribution is 5.18. The van der Waals surface area contributed by atoms with Gasteiger partial charge < -0.3 is 5.11 Å². The molecule has 0 radical (unpaired) electrons. The number of para-hydroxylation sites is 1. The van der Waals surface area contributed by atoms with Gasteiger partial charge in [-0.15, -0.1) is 0 Å². The minimum absolute atomic E-state index is 0.178. The van der Waals surface area contributed by atoms with Gasteiger partial charge in [0.15, 0.2) is 0 Å². The smallest absolute Gasteiger partial charge is 0.123 e. The summed E-state index contributed by atoms with van der Waals surface area (Å²) in [6.07, 6.45) is 0. The van der Waals surface area contributed by atoms with Crippen LogP contribution in [0.25, 0.3) is 0 Å². The SMILES string of the molecule is Fc1ccccc1.Oc1ccccc1. The van der Waals surface area contributed by atoms with Crippen molar-refractivity contribution in [2.45, 2.75) is 0 Å². The van der Waals surface area contributed by atoms with E-state index in [0.29, 0.717) is 5.75 Å². The van der Waals surface area contributed by atoms with Crippen LogP contribution in [0.15, 0.2) is 60.7 Å². The van der Waals surface area contributed by atoms with Gasteiger partial charge in [-0.3, -0.25) is 0 Å². The first-order valence-corrected chi connectivity index (χ1v) is 4.23. The van der Waals surface area contributed by atoms with Gasteiger partial charge in [0.05, 0.1) is 0 Å². The molecule has 72 valence electrons. The predicted molar refractivity (Wildman–Crippen MR) is 54.5 cm³/mol. The third kappa shape index (κ3) is 4.26. The molecule has 0 aromatic heterocycles. The van der Waals surface area contributed by atoms with Crippen molar-refractivity contribution in [3.05, 3.63) is 66.5 Å². The Bertz CT molecular complexity index is 308. The molecule has 14 heavy (non-hydrogen) atoms. The van der Waals surface area contributed by atoms with Crippen molar-refractivity contribution in [3.63, 3.8) is 0 Å². The second-order valence-corrected chi connectivity index (χ2v) is 2.63. The lowest BCUT2D eigenvalue weighted by Crippen LogP contribution is -1.63. The van der Waals surface area contributed by atoms with Crippen molar-refractivity contribution >= 4 is 0 Å². The molecule has 0 unspecified atom stereocenters. The fourth-order valence-corrected chi connectivity index (χ4v) is 0.843. The van der Waals surface area contributed by atoms with E-state index in [2.05, 4.69) is 0 Å². The Morgan fingerprint density at radius 3 is 1.36 bits per heavy atom. The Labute approximate surface area is 82.5 Å². The first-order valence-electron chi connectivity index (χ1n) is 4.23. The fraction of sp³-hybridized carbons (Fsp3) is 0.